The van der Waals surface area contributed by atoms with E-state index in [9.17, 15) is 14.3 Å². The molecule has 1 aromatic carbocycles. The second-order valence-corrected chi connectivity index (χ2v) is 9.22. The van der Waals surface area contributed by atoms with Gasteiger partial charge in [0, 0.05) is 43.7 Å². The van der Waals surface area contributed by atoms with Gasteiger partial charge in [-0.1, -0.05) is 17.7 Å². The number of hydrogen-bond acceptors (Lipinski definition) is 6. The lowest BCUT2D eigenvalue weighted by Crippen LogP contribution is -2.49. The van der Waals surface area contributed by atoms with E-state index in [1.807, 2.05) is 22.9 Å². The van der Waals surface area contributed by atoms with E-state index in [0.717, 1.165) is 11.1 Å². The summed E-state index contributed by atoms with van der Waals surface area (Å²) in [5.41, 5.74) is 3.21. The van der Waals surface area contributed by atoms with E-state index in [4.69, 9.17) is 21.1 Å². The highest BCUT2D eigenvalue weighted by Crippen LogP contribution is 2.33. The first-order chi connectivity index (χ1) is 17.0. The fourth-order valence-electron chi connectivity index (χ4n) is 4.51. The molecule has 0 saturated carbocycles. The van der Waals surface area contributed by atoms with E-state index in [1.54, 1.807) is 18.2 Å². The number of benzene rings is 1. The second kappa shape index (κ2) is 9.94. The van der Waals surface area contributed by atoms with Crippen LogP contribution in [0.3, 0.4) is 0 Å². The largest absolute Gasteiger partial charge is 0.392 e. The molecule has 1 fully saturated rings. The molecule has 8 nitrogen and oxygen atoms in total. The van der Waals surface area contributed by atoms with Crippen LogP contribution in [0, 0.1) is 5.82 Å². The normalized spacial score (nSPS) is 17.9. The number of anilines is 1. The van der Waals surface area contributed by atoms with Crippen molar-refractivity contribution in [2.24, 2.45) is 0 Å². The standard InChI is InChI=1S/C25H26ClFN4O4/c1-34-14-20-10-30-8-17(21-6-24(28-7-22(21)26)29-19-12-35-13-19)5-23(30)25(33)31(20)9-16-4-18(27)3-2-15(16)11-32/h2-8,19-20,32H,9-14H2,1H3,(H,28,29). The quantitative estimate of drug-likeness (QED) is 0.493. The Kier molecular flexibility index (Phi) is 6.75. The van der Waals surface area contributed by atoms with Crippen molar-refractivity contribution in [3.8, 4) is 11.1 Å². The third-order valence-corrected chi connectivity index (χ3v) is 6.72. The summed E-state index contributed by atoms with van der Waals surface area (Å²) in [5, 5.41) is 13.5. The van der Waals surface area contributed by atoms with Gasteiger partial charge in [0.2, 0.25) is 0 Å². The maximum absolute atomic E-state index is 13.9. The van der Waals surface area contributed by atoms with Gasteiger partial charge in [0.15, 0.2) is 0 Å². The Hall–Kier alpha value is -2.98. The van der Waals surface area contributed by atoms with Gasteiger partial charge in [-0.15, -0.1) is 0 Å². The van der Waals surface area contributed by atoms with Gasteiger partial charge in [-0.3, -0.25) is 4.79 Å². The molecule has 4 heterocycles. The van der Waals surface area contributed by atoms with Crippen LogP contribution in [0.25, 0.3) is 11.1 Å². The molecule has 0 aliphatic carbocycles. The molecule has 10 heteroatoms. The summed E-state index contributed by atoms with van der Waals surface area (Å²) in [4.78, 5) is 19.6. The van der Waals surface area contributed by atoms with Crippen molar-refractivity contribution in [3.05, 3.63) is 70.4 Å². The number of aromatic nitrogens is 2. The molecule has 1 amide bonds. The van der Waals surface area contributed by atoms with Crippen molar-refractivity contribution >= 4 is 23.3 Å². The van der Waals surface area contributed by atoms with Crippen LogP contribution in [0.4, 0.5) is 10.2 Å². The average Bonchev–Trinajstić information content (AvgIpc) is 3.24. The molecule has 1 atom stereocenters. The fourth-order valence-corrected chi connectivity index (χ4v) is 4.72. The van der Waals surface area contributed by atoms with Crippen LogP contribution in [0.2, 0.25) is 5.02 Å². The molecule has 184 valence electrons. The number of carbonyl (C=O) groups excluding carboxylic acids is 1. The molecule has 0 radical (unpaired) electrons. The van der Waals surface area contributed by atoms with Crippen LogP contribution in [-0.2, 0) is 29.2 Å². The van der Waals surface area contributed by atoms with Crippen molar-refractivity contribution < 1.29 is 23.8 Å². The molecule has 35 heavy (non-hydrogen) atoms. The molecule has 5 rings (SSSR count). The Balaban J connectivity index is 1.46. The topological polar surface area (TPSA) is 88.8 Å². The number of methoxy groups -OCH3 is 1. The molecule has 1 unspecified atom stereocenters. The average molecular weight is 501 g/mol. The maximum atomic E-state index is 13.9. The third kappa shape index (κ3) is 4.77. The number of aliphatic hydroxyl groups is 1. The minimum absolute atomic E-state index is 0.161. The number of rotatable bonds is 8. The highest BCUT2D eigenvalue weighted by molar-refractivity contribution is 6.33. The van der Waals surface area contributed by atoms with Crippen LogP contribution in [0.5, 0.6) is 0 Å². The summed E-state index contributed by atoms with van der Waals surface area (Å²) in [6.07, 6.45) is 3.50. The van der Waals surface area contributed by atoms with Crippen LogP contribution in [0.1, 0.15) is 21.6 Å². The molecular weight excluding hydrogens is 475 g/mol. The van der Waals surface area contributed by atoms with E-state index in [2.05, 4.69) is 10.3 Å². The molecule has 0 bridgehead atoms. The number of ether oxygens (including phenoxy) is 2. The minimum atomic E-state index is -0.416. The first-order valence-electron chi connectivity index (χ1n) is 11.3. The number of halogens is 2. The van der Waals surface area contributed by atoms with Crippen molar-refractivity contribution in [1.82, 2.24) is 14.5 Å². The predicted molar refractivity (Wildman–Crippen MR) is 129 cm³/mol. The van der Waals surface area contributed by atoms with Crippen molar-refractivity contribution in [1.29, 1.82) is 0 Å². The van der Waals surface area contributed by atoms with E-state index >= 15 is 0 Å². The number of aliphatic hydroxyl groups excluding tert-OH is 1. The van der Waals surface area contributed by atoms with Crippen molar-refractivity contribution in [2.45, 2.75) is 31.8 Å². The first-order valence-corrected chi connectivity index (χ1v) is 11.7. The van der Waals surface area contributed by atoms with E-state index in [-0.39, 0.29) is 31.1 Å². The summed E-state index contributed by atoms with van der Waals surface area (Å²) in [7, 11) is 1.58. The van der Waals surface area contributed by atoms with Gasteiger partial charge in [-0.25, -0.2) is 9.37 Å². The van der Waals surface area contributed by atoms with Crippen LogP contribution >= 0.6 is 11.6 Å². The summed E-state index contributed by atoms with van der Waals surface area (Å²) in [6, 6.07) is 7.84. The summed E-state index contributed by atoms with van der Waals surface area (Å²) >= 11 is 6.48. The predicted octanol–water partition coefficient (Wildman–Crippen LogP) is 3.32. The van der Waals surface area contributed by atoms with Crippen molar-refractivity contribution in [3.63, 3.8) is 0 Å². The van der Waals surface area contributed by atoms with E-state index < -0.39 is 5.82 Å². The lowest BCUT2D eigenvalue weighted by atomic mass is 10.0. The molecule has 3 aromatic rings. The number of amides is 1. The highest BCUT2D eigenvalue weighted by atomic mass is 35.5. The lowest BCUT2D eigenvalue weighted by molar-refractivity contribution is 0.0209. The lowest BCUT2D eigenvalue weighted by Gasteiger charge is -2.36. The second-order valence-electron chi connectivity index (χ2n) is 8.81. The Labute approximate surface area is 207 Å². The number of hydrogen-bond donors (Lipinski definition) is 2. The molecule has 2 aromatic heterocycles. The number of nitrogens with zero attached hydrogens (tertiary/aromatic N) is 3. The molecule has 2 aliphatic rings. The maximum Gasteiger partial charge on any atom is 0.271 e. The zero-order chi connectivity index (χ0) is 24.5. The van der Waals surface area contributed by atoms with Gasteiger partial charge < -0.3 is 29.4 Å². The number of nitrogens with one attached hydrogen (secondary N) is 1. The van der Waals surface area contributed by atoms with Gasteiger partial charge in [-0.05, 0) is 35.4 Å². The zero-order valence-corrected chi connectivity index (χ0v) is 20.0. The zero-order valence-electron chi connectivity index (χ0n) is 19.2. The van der Waals surface area contributed by atoms with Gasteiger partial charge >= 0.3 is 0 Å². The Morgan fingerprint density at radius 1 is 1.29 bits per heavy atom. The van der Waals surface area contributed by atoms with Crippen molar-refractivity contribution in [2.75, 3.05) is 32.2 Å². The smallest absolute Gasteiger partial charge is 0.271 e. The van der Waals surface area contributed by atoms with Gasteiger partial charge in [0.05, 0.1) is 43.5 Å². The summed E-state index contributed by atoms with van der Waals surface area (Å²) in [5.74, 6) is 0.0726. The molecule has 0 spiro atoms. The molecular formula is C25H26ClFN4O4. The van der Waals surface area contributed by atoms with Crippen LogP contribution in [0.15, 0.2) is 42.7 Å². The Morgan fingerprint density at radius 3 is 2.83 bits per heavy atom. The summed E-state index contributed by atoms with van der Waals surface area (Å²) in [6.45, 7) is 2.01. The van der Waals surface area contributed by atoms with E-state index in [1.165, 1.54) is 18.2 Å². The molecule has 2 aliphatic heterocycles. The number of fused-ring (bicyclic) bond motifs is 1. The van der Waals surface area contributed by atoms with E-state index in [0.29, 0.717) is 54.0 Å². The monoisotopic (exact) mass is 500 g/mol. The Morgan fingerprint density at radius 2 is 2.11 bits per heavy atom. The van der Waals surface area contributed by atoms with Gasteiger partial charge in [0.1, 0.15) is 17.3 Å². The van der Waals surface area contributed by atoms with Gasteiger partial charge in [0.25, 0.3) is 5.91 Å². The first kappa shape index (κ1) is 23.7. The minimum Gasteiger partial charge on any atom is -0.392 e. The molecule has 2 N–H and O–H groups in total. The van der Waals surface area contributed by atoms with Crippen LogP contribution < -0.4 is 5.32 Å². The van der Waals surface area contributed by atoms with Crippen LogP contribution in [-0.4, -0.2) is 64.5 Å². The third-order valence-electron chi connectivity index (χ3n) is 6.42. The fraction of sp³-hybridized carbons (Fsp3) is 0.360. The summed E-state index contributed by atoms with van der Waals surface area (Å²) < 4.78 is 26.4. The number of pyridine rings is 1. The Bertz CT molecular complexity index is 1250. The number of carbonyl (C=O) groups is 1. The SMILES string of the molecule is COCC1Cn2cc(-c3cc(NC4COC4)ncc3Cl)cc2C(=O)N1Cc1cc(F)ccc1CO. The highest BCUT2D eigenvalue weighted by Gasteiger charge is 2.34. The molecule has 1 saturated heterocycles. The van der Waals surface area contributed by atoms with Gasteiger partial charge in [-0.2, -0.15) is 0 Å².